The van der Waals surface area contributed by atoms with Crippen LogP contribution in [0.2, 0.25) is 0 Å². The first kappa shape index (κ1) is 98.1. The molecule has 594 valence electrons. The molecule has 3 N–H and O–H groups in total. The van der Waals surface area contributed by atoms with Crippen molar-refractivity contribution in [2.45, 2.75) is 439 Å². The Balaban J connectivity index is 5.22. The second kappa shape index (κ2) is 71.3. The van der Waals surface area contributed by atoms with Crippen molar-refractivity contribution in [2.24, 2.45) is 17.8 Å². The Kier molecular flexibility index (Phi) is 69.9. The lowest BCUT2D eigenvalue weighted by Gasteiger charge is -2.21. The fraction of sp³-hybridized carbons (Fsp3) is 0.951. The van der Waals surface area contributed by atoms with E-state index in [1.165, 1.54) is 225 Å². The lowest BCUT2D eigenvalue weighted by atomic mass is 10.0. The van der Waals surface area contributed by atoms with Crippen molar-refractivity contribution in [1.82, 2.24) is 0 Å². The number of hydrogen-bond acceptors (Lipinski definition) is 15. The lowest BCUT2D eigenvalue weighted by molar-refractivity contribution is -0.161. The molecule has 0 aliphatic heterocycles. The number of phosphoric acid groups is 2. The highest BCUT2D eigenvalue weighted by Crippen LogP contribution is 2.45. The SMILES string of the molecule is CCCCCCCCCCCCCCCCCC(=O)OC[C@H](COP(=O)(O)OC[C@@H](O)COP(=O)(O)OC[C@@H](COC(=O)CCCCCCCCCC(C)C)OC(=O)CCCCCCCCCCCCCC(C)C)OC(=O)CCCCCCCCCCCCCCCCCCCCC(C)C. The first-order chi connectivity index (χ1) is 48.2. The molecule has 0 saturated heterocycles. The Morgan fingerprint density at radius 1 is 0.270 bits per heavy atom. The van der Waals surface area contributed by atoms with E-state index in [9.17, 15) is 43.2 Å². The summed E-state index contributed by atoms with van der Waals surface area (Å²) in [4.78, 5) is 73.0. The summed E-state index contributed by atoms with van der Waals surface area (Å²) in [5.74, 6) is 0.179. The van der Waals surface area contributed by atoms with Crippen molar-refractivity contribution in [1.29, 1.82) is 0 Å². The molecule has 0 bridgehead atoms. The second-order valence-electron chi connectivity index (χ2n) is 30.6. The van der Waals surface area contributed by atoms with Gasteiger partial charge >= 0.3 is 39.5 Å². The number of rotatable bonds is 79. The molecule has 0 aromatic carbocycles. The molecule has 0 rings (SSSR count). The summed E-state index contributed by atoms with van der Waals surface area (Å²) in [6.45, 7) is 11.9. The Labute approximate surface area is 613 Å². The van der Waals surface area contributed by atoms with Crippen LogP contribution < -0.4 is 0 Å². The van der Waals surface area contributed by atoms with Gasteiger partial charge in [-0.3, -0.25) is 37.3 Å². The monoisotopic (exact) mass is 1470 g/mol. The fourth-order valence-corrected chi connectivity index (χ4v) is 14.1. The van der Waals surface area contributed by atoms with Gasteiger partial charge in [0.25, 0.3) is 0 Å². The molecule has 0 aromatic heterocycles. The molecule has 0 saturated carbocycles. The van der Waals surface area contributed by atoms with Crippen molar-refractivity contribution in [3.8, 4) is 0 Å². The van der Waals surface area contributed by atoms with E-state index in [1.54, 1.807) is 0 Å². The van der Waals surface area contributed by atoms with Crippen LogP contribution in [0.25, 0.3) is 0 Å². The van der Waals surface area contributed by atoms with E-state index >= 15 is 0 Å². The van der Waals surface area contributed by atoms with Gasteiger partial charge in [0.2, 0.25) is 0 Å². The number of carbonyl (C=O) groups is 4. The van der Waals surface area contributed by atoms with Crippen LogP contribution in [0.1, 0.15) is 421 Å². The molecule has 100 heavy (non-hydrogen) atoms. The predicted octanol–water partition coefficient (Wildman–Crippen LogP) is 24.1. The first-order valence-corrected chi connectivity index (χ1v) is 44.8. The summed E-state index contributed by atoms with van der Waals surface area (Å²) >= 11 is 0. The molecule has 0 amide bonds. The quantitative estimate of drug-likeness (QED) is 0.0222. The minimum atomic E-state index is -4.96. The number of aliphatic hydroxyl groups excluding tert-OH is 1. The van der Waals surface area contributed by atoms with E-state index in [2.05, 4.69) is 48.5 Å². The molecule has 0 radical (unpaired) electrons. The number of aliphatic hydroxyl groups is 1. The normalized spacial score (nSPS) is 14.0. The van der Waals surface area contributed by atoms with Crippen molar-refractivity contribution in [2.75, 3.05) is 39.6 Å². The van der Waals surface area contributed by atoms with Crippen LogP contribution in [-0.4, -0.2) is 96.7 Å². The van der Waals surface area contributed by atoms with Crippen LogP contribution in [0.4, 0.5) is 0 Å². The zero-order valence-electron chi connectivity index (χ0n) is 65.7. The third-order valence-electron chi connectivity index (χ3n) is 18.9. The van der Waals surface area contributed by atoms with Gasteiger partial charge in [0, 0.05) is 25.7 Å². The van der Waals surface area contributed by atoms with Gasteiger partial charge in [-0.25, -0.2) is 9.13 Å². The van der Waals surface area contributed by atoms with E-state index in [-0.39, 0.29) is 25.7 Å². The van der Waals surface area contributed by atoms with Crippen LogP contribution in [-0.2, 0) is 65.4 Å². The average Bonchev–Trinajstić information content (AvgIpc) is 3.83. The molecular formula is C81H158O17P2. The number of esters is 4. The van der Waals surface area contributed by atoms with E-state index in [1.807, 2.05) is 0 Å². The number of ether oxygens (including phenoxy) is 4. The molecule has 2 unspecified atom stereocenters. The van der Waals surface area contributed by atoms with Gasteiger partial charge in [-0.2, -0.15) is 0 Å². The zero-order valence-corrected chi connectivity index (χ0v) is 67.5. The van der Waals surface area contributed by atoms with Gasteiger partial charge in [0.05, 0.1) is 26.4 Å². The van der Waals surface area contributed by atoms with E-state index < -0.39 is 97.5 Å². The van der Waals surface area contributed by atoms with Gasteiger partial charge in [-0.1, -0.05) is 370 Å². The number of unbranched alkanes of at least 4 members (excludes halogenated alkanes) is 47. The van der Waals surface area contributed by atoms with Gasteiger partial charge in [0.1, 0.15) is 19.3 Å². The maximum absolute atomic E-state index is 13.1. The molecule has 19 heteroatoms. The molecule has 0 aromatic rings. The largest absolute Gasteiger partial charge is 0.472 e. The number of hydrogen-bond donors (Lipinski definition) is 3. The van der Waals surface area contributed by atoms with Crippen LogP contribution in [0, 0.1) is 17.8 Å². The Bertz CT molecular complexity index is 1940. The Morgan fingerprint density at radius 2 is 0.460 bits per heavy atom. The van der Waals surface area contributed by atoms with Crippen LogP contribution in [0.5, 0.6) is 0 Å². The molecule has 0 spiro atoms. The highest BCUT2D eigenvalue weighted by Gasteiger charge is 2.30. The maximum atomic E-state index is 13.1. The first-order valence-electron chi connectivity index (χ1n) is 41.8. The maximum Gasteiger partial charge on any atom is 0.472 e. The highest BCUT2D eigenvalue weighted by atomic mass is 31.2. The minimum absolute atomic E-state index is 0.106. The van der Waals surface area contributed by atoms with Crippen molar-refractivity contribution in [3.63, 3.8) is 0 Å². The summed E-state index contributed by atoms with van der Waals surface area (Å²) in [5, 5.41) is 10.6. The topological polar surface area (TPSA) is 237 Å². The van der Waals surface area contributed by atoms with E-state index in [4.69, 9.17) is 37.0 Å². The molecule has 0 heterocycles. The summed E-state index contributed by atoms with van der Waals surface area (Å²) in [6.07, 6.45) is 59.8. The summed E-state index contributed by atoms with van der Waals surface area (Å²) in [7, 11) is -9.92. The number of phosphoric ester groups is 2. The minimum Gasteiger partial charge on any atom is -0.462 e. The van der Waals surface area contributed by atoms with Crippen molar-refractivity contribution in [3.05, 3.63) is 0 Å². The van der Waals surface area contributed by atoms with Gasteiger partial charge in [-0.15, -0.1) is 0 Å². The smallest absolute Gasteiger partial charge is 0.462 e. The Hall–Kier alpha value is -1.94. The molecule has 17 nitrogen and oxygen atoms in total. The van der Waals surface area contributed by atoms with Gasteiger partial charge in [0.15, 0.2) is 12.2 Å². The van der Waals surface area contributed by atoms with Crippen molar-refractivity contribution >= 4 is 39.5 Å². The van der Waals surface area contributed by atoms with Crippen LogP contribution in [0.15, 0.2) is 0 Å². The average molecular weight is 1470 g/mol. The summed E-state index contributed by atoms with van der Waals surface area (Å²) in [6, 6.07) is 0. The third-order valence-corrected chi connectivity index (χ3v) is 20.8. The molecule has 5 atom stereocenters. The van der Waals surface area contributed by atoms with E-state index in [0.717, 1.165) is 108 Å². The van der Waals surface area contributed by atoms with E-state index in [0.29, 0.717) is 31.6 Å². The van der Waals surface area contributed by atoms with Crippen LogP contribution >= 0.6 is 15.6 Å². The summed E-state index contributed by atoms with van der Waals surface area (Å²) in [5.41, 5.74) is 0. The fourth-order valence-electron chi connectivity index (χ4n) is 12.5. The summed E-state index contributed by atoms with van der Waals surface area (Å²) < 4.78 is 68.7. The third kappa shape index (κ3) is 74.3. The highest BCUT2D eigenvalue weighted by molar-refractivity contribution is 7.47. The zero-order chi connectivity index (χ0) is 73.7. The molecule has 0 aliphatic rings. The van der Waals surface area contributed by atoms with Crippen molar-refractivity contribution < 1.29 is 80.2 Å². The predicted molar refractivity (Wildman–Crippen MR) is 409 cm³/mol. The molecule has 0 aliphatic carbocycles. The lowest BCUT2D eigenvalue weighted by Crippen LogP contribution is -2.30. The van der Waals surface area contributed by atoms with Crippen LogP contribution in [0.3, 0.4) is 0 Å². The second-order valence-corrected chi connectivity index (χ2v) is 33.5. The standard InChI is InChI=1S/C81H158O17P2/c1-8-9-10-11-12-13-14-15-20-24-29-34-41-48-55-62-78(83)91-68-76(97-80(85)64-57-50-42-35-30-25-22-19-17-16-18-21-23-27-32-38-45-52-59-72(2)3)70-95-99(87,88)93-66-75(82)67-94-100(89,90)96-71-77(69-92-79(84)63-56-49-44-37-40-47-54-61-74(6)7)98-81(86)65-58-51-43-36-31-26-28-33-39-46-53-60-73(4)5/h72-77,82H,8-71H2,1-7H3,(H,87,88)(H,89,90)/t75-,76-,77-/m1/s1. The van der Waals surface area contributed by atoms with Gasteiger partial charge in [-0.05, 0) is 43.4 Å². The molecule has 0 fully saturated rings. The molecular weight excluding hydrogens is 1310 g/mol. The van der Waals surface area contributed by atoms with Gasteiger partial charge < -0.3 is 33.8 Å². The number of carbonyl (C=O) groups excluding carboxylic acids is 4. The Morgan fingerprint density at radius 3 is 0.680 bits per heavy atom.